The van der Waals surface area contributed by atoms with Crippen molar-refractivity contribution < 1.29 is 13.2 Å². The zero-order valence-electron chi connectivity index (χ0n) is 13.4. The van der Waals surface area contributed by atoms with Crippen LogP contribution < -0.4 is 15.4 Å². The number of guanidine groups is 1. The van der Waals surface area contributed by atoms with Crippen molar-refractivity contribution >= 4 is 39.8 Å². The lowest BCUT2D eigenvalue weighted by Crippen LogP contribution is -2.45. The second kappa shape index (κ2) is 9.31. The summed E-state index contributed by atoms with van der Waals surface area (Å²) in [6, 6.07) is 7.82. The molecule has 1 heterocycles. The predicted octanol–water partition coefficient (Wildman–Crippen LogP) is 1.34. The standard InChI is InChI=1S/C15H23N3O3S.HI/c1-12-4-3-5-14(10-12)21-8-7-17-15(16-2)18-13-6-9-22(19,20)11-13;/h3-5,10,13H,6-9,11H2,1-2H3,(H2,16,17,18);1H. The normalized spacial score (nSPS) is 19.7. The molecule has 0 spiro atoms. The van der Waals surface area contributed by atoms with E-state index in [0.717, 1.165) is 11.3 Å². The molecule has 0 saturated carbocycles. The van der Waals surface area contributed by atoms with Gasteiger partial charge in [0, 0.05) is 13.1 Å². The highest BCUT2D eigenvalue weighted by molar-refractivity contribution is 14.0. The van der Waals surface area contributed by atoms with Crippen LogP contribution in [0.3, 0.4) is 0 Å². The van der Waals surface area contributed by atoms with E-state index in [-0.39, 0.29) is 41.5 Å². The minimum Gasteiger partial charge on any atom is -0.492 e. The fourth-order valence-corrected chi connectivity index (χ4v) is 4.01. The van der Waals surface area contributed by atoms with Crippen LogP contribution >= 0.6 is 24.0 Å². The van der Waals surface area contributed by atoms with Crippen LogP contribution in [0.4, 0.5) is 0 Å². The number of halogens is 1. The zero-order valence-corrected chi connectivity index (χ0v) is 16.6. The highest BCUT2D eigenvalue weighted by atomic mass is 127. The van der Waals surface area contributed by atoms with Gasteiger partial charge in [-0.2, -0.15) is 0 Å². The van der Waals surface area contributed by atoms with Crippen molar-refractivity contribution in [2.45, 2.75) is 19.4 Å². The fraction of sp³-hybridized carbons (Fsp3) is 0.533. The summed E-state index contributed by atoms with van der Waals surface area (Å²) in [4.78, 5) is 4.10. The van der Waals surface area contributed by atoms with Gasteiger partial charge in [0.1, 0.15) is 12.4 Å². The van der Waals surface area contributed by atoms with Gasteiger partial charge in [-0.1, -0.05) is 12.1 Å². The average molecular weight is 453 g/mol. The maximum Gasteiger partial charge on any atom is 0.191 e. The van der Waals surface area contributed by atoms with Crippen LogP contribution in [0.15, 0.2) is 29.3 Å². The van der Waals surface area contributed by atoms with Crippen molar-refractivity contribution in [1.29, 1.82) is 0 Å². The Morgan fingerprint density at radius 2 is 2.22 bits per heavy atom. The van der Waals surface area contributed by atoms with Crippen molar-refractivity contribution in [3.63, 3.8) is 0 Å². The Morgan fingerprint density at radius 1 is 1.43 bits per heavy atom. The van der Waals surface area contributed by atoms with Gasteiger partial charge in [0.05, 0.1) is 18.1 Å². The molecule has 6 nitrogen and oxygen atoms in total. The third kappa shape index (κ3) is 6.94. The van der Waals surface area contributed by atoms with Crippen LogP contribution in [0, 0.1) is 6.92 Å². The van der Waals surface area contributed by atoms with Crippen molar-refractivity contribution in [1.82, 2.24) is 10.6 Å². The molecule has 0 amide bonds. The smallest absolute Gasteiger partial charge is 0.191 e. The highest BCUT2D eigenvalue weighted by Gasteiger charge is 2.28. The summed E-state index contributed by atoms with van der Waals surface area (Å²) >= 11 is 0. The second-order valence-corrected chi connectivity index (χ2v) is 7.64. The van der Waals surface area contributed by atoms with Crippen LogP contribution in [0.25, 0.3) is 0 Å². The monoisotopic (exact) mass is 453 g/mol. The molecule has 8 heteroatoms. The maximum absolute atomic E-state index is 11.4. The van der Waals surface area contributed by atoms with Crippen LogP contribution in [-0.4, -0.2) is 52.1 Å². The second-order valence-electron chi connectivity index (χ2n) is 5.41. The van der Waals surface area contributed by atoms with Crippen molar-refractivity contribution in [3.05, 3.63) is 29.8 Å². The topological polar surface area (TPSA) is 79.8 Å². The summed E-state index contributed by atoms with van der Waals surface area (Å²) in [5, 5.41) is 6.26. The third-order valence-corrected chi connectivity index (χ3v) is 5.22. The lowest BCUT2D eigenvalue weighted by Gasteiger charge is -2.16. The number of aryl methyl sites for hydroxylation is 1. The molecule has 1 saturated heterocycles. The van der Waals surface area contributed by atoms with E-state index in [9.17, 15) is 8.42 Å². The van der Waals surface area contributed by atoms with Gasteiger partial charge >= 0.3 is 0 Å². The third-order valence-electron chi connectivity index (χ3n) is 3.45. The van der Waals surface area contributed by atoms with E-state index in [0.29, 0.717) is 25.5 Å². The highest BCUT2D eigenvalue weighted by Crippen LogP contribution is 2.12. The maximum atomic E-state index is 11.4. The van der Waals surface area contributed by atoms with Crippen LogP contribution in [0.2, 0.25) is 0 Å². The molecule has 130 valence electrons. The molecule has 2 rings (SSSR count). The minimum absolute atomic E-state index is 0. The number of benzene rings is 1. The number of sulfone groups is 1. The molecule has 1 unspecified atom stereocenters. The Bertz CT molecular complexity index is 635. The first-order valence-corrected chi connectivity index (χ1v) is 9.18. The Morgan fingerprint density at radius 3 is 2.83 bits per heavy atom. The molecule has 0 radical (unpaired) electrons. The summed E-state index contributed by atoms with van der Waals surface area (Å²) in [5.74, 6) is 1.87. The molecule has 0 aromatic heterocycles. The van der Waals surface area contributed by atoms with Crippen molar-refractivity contribution in [3.8, 4) is 5.75 Å². The van der Waals surface area contributed by atoms with Gasteiger partial charge in [0.2, 0.25) is 0 Å². The lowest BCUT2D eigenvalue weighted by molar-refractivity contribution is 0.321. The molecule has 2 N–H and O–H groups in total. The average Bonchev–Trinajstić information content (AvgIpc) is 2.81. The van der Waals surface area contributed by atoms with E-state index in [2.05, 4.69) is 15.6 Å². The molecule has 1 aliphatic rings. The molecule has 1 aromatic carbocycles. The van der Waals surface area contributed by atoms with Crippen LogP contribution in [-0.2, 0) is 9.84 Å². The summed E-state index contributed by atoms with van der Waals surface area (Å²) in [5.41, 5.74) is 1.16. The first-order valence-electron chi connectivity index (χ1n) is 7.35. The van der Waals surface area contributed by atoms with E-state index < -0.39 is 9.84 Å². The molecular formula is C15H24IN3O3S. The number of rotatable bonds is 5. The van der Waals surface area contributed by atoms with E-state index in [1.165, 1.54) is 0 Å². The Hall–Kier alpha value is -1.03. The molecule has 0 bridgehead atoms. The van der Waals surface area contributed by atoms with Crippen LogP contribution in [0.1, 0.15) is 12.0 Å². The molecule has 0 aliphatic carbocycles. The van der Waals surface area contributed by atoms with E-state index in [1.807, 2.05) is 31.2 Å². The number of ether oxygens (including phenoxy) is 1. The van der Waals surface area contributed by atoms with Gasteiger partial charge < -0.3 is 15.4 Å². The minimum atomic E-state index is -2.88. The van der Waals surface area contributed by atoms with Crippen LogP contribution in [0.5, 0.6) is 5.75 Å². The van der Waals surface area contributed by atoms with E-state index in [1.54, 1.807) is 7.05 Å². The van der Waals surface area contributed by atoms with Gasteiger partial charge in [-0.05, 0) is 31.0 Å². The molecule has 1 fully saturated rings. The van der Waals surface area contributed by atoms with Gasteiger partial charge in [0.15, 0.2) is 15.8 Å². The first kappa shape index (κ1) is 20.0. The van der Waals surface area contributed by atoms with Gasteiger partial charge in [-0.3, -0.25) is 4.99 Å². The molecule has 1 atom stereocenters. The summed E-state index contributed by atoms with van der Waals surface area (Å²) in [6.07, 6.45) is 0.628. The molecular weight excluding hydrogens is 429 g/mol. The summed E-state index contributed by atoms with van der Waals surface area (Å²) < 4.78 is 28.5. The number of hydrogen-bond donors (Lipinski definition) is 2. The number of nitrogens with zero attached hydrogens (tertiary/aromatic N) is 1. The van der Waals surface area contributed by atoms with Gasteiger partial charge in [0.25, 0.3) is 0 Å². The number of nitrogens with one attached hydrogen (secondary N) is 2. The van der Waals surface area contributed by atoms with Gasteiger partial charge in [-0.15, -0.1) is 24.0 Å². The number of hydrogen-bond acceptors (Lipinski definition) is 4. The van der Waals surface area contributed by atoms with Crippen molar-refractivity contribution in [2.75, 3.05) is 31.7 Å². The Balaban J connectivity index is 0.00000264. The Kier molecular flexibility index (Phi) is 8.10. The molecule has 1 aliphatic heterocycles. The molecule has 23 heavy (non-hydrogen) atoms. The van der Waals surface area contributed by atoms with E-state index in [4.69, 9.17) is 4.74 Å². The Labute approximate surface area is 155 Å². The predicted molar refractivity (Wildman–Crippen MR) is 104 cm³/mol. The SMILES string of the molecule is CN=C(NCCOc1cccc(C)c1)NC1CCS(=O)(=O)C1.I. The quantitative estimate of drug-likeness (QED) is 0.305. The fourth-order valence-electron chi connectivity index (χ4n) is 2.34. The summed E-state index contributed by atoms with van der Waals surface area (Å²) in [6.45, 7) is 3.12. The lowest BCUT2D eigenvalue weighted by atomic mass is 10.2. The largest absolute Gasteiger partial charge is 0.492 e. The zero-order chi connectivity index (χ0) is 16.0. The molecule has 1 aromatic rings. The van der Waals surface area contributed by atoms with Crippen molar-refractivity contribution in [2.24, 2.45) is 4.99 Å². The van der Waals surface area contributed by atoms with Gasteiger partial charge in [-0.25, -0.2) is 8.42 Å². The number of aliphatic imine (C=N–C) groups is 1. The first-order chi connectivity index (χ1) is 10.5. The summed E-state index contributed by atoms with van der Waals surface area (Å²) in [7, 11) is -1.22. The van der Waals surface area contributed by atoms with E-state index >= 15 is 0 Å².